The predicted molar refractivity (Wildman–Crippen MR) is 79.3 cm³/mol. The number of aromatic amines is 1. The highest BCUT2D eigenvalue weighted by Gasteiger charge is 2.18. The number of H-pyrrole nitrogens is 1. The highest BCUT2D eigenvalue weighted by molar-refractivity contribution is 6.31. The van der Waals surface area contributed by atoms with Gasteiger partial charge in [-0.1, -0.05) is 17.7 Å². The number of fused-ring (bicyclic) bond motifs is 1. The molecule has 21 heavy (non-hydrogen) atoms. The largest absolute Gasteiger partial charge is 0.467 e. The lowest BCUT2D eigenvalue weighted by atomic mass is 10.2. The van der Waals surface area contributed by atoms with Crippen LogP contribution >= 0.6 is 11.6 Å². The second-order valence-electron chi connectivity index (χ2n) is 4.64. The van der Waals surface area contributed by atoms with Gasteiger partial charge in [-0.2, -0.15) is 0 Å². The average molecular weight is 305 g/mol. The number of carbonyl (C=O) groups is 1. The third kappa shape index (κ3) is 2.79. The molecule has 0 saturated carbocycles. The highest BCUT2D eigenvalue weighted by atomic mass is 35.5. The third-order valence-corrected chi connectivity index (χ3v) is 3.44. The number of halogens is 1. The fourth-order valence-corrected chi connectivity index (χ4v) is 2.33. The Morgan fingerprint density at radius 1 is 1.38 bits per heavy atom. The van der Waals surface area contributed by atoms with E-state index in [2.05, 4.69) is 10.3 Å². The summed E-state index contributed by atoms with van der Waals surface area (Å²) in [5.74, 6) is 0.183. The van der Waals surface area contributed by atoms with E-state index in [1.54, 1.807) is 30.3 Å². The van der Waals surface area contributed by atoms with Gasteiger partial charge >= 0.3 is 0 Å². The fourth-order valence-electron chi connectivity index (χ4n) is 2.15. The minimum absolute atomic E-state index is 0.245. The maximum Gasteiger partial charge on any atom is 0.268 e. The van der Waals surface area contributed by atoms with Crippen molar-refractivity contribution in [2.75, 3.05) is 6.61 Å². The number of nitrogens with one attached hydrogen (secondary N) is 2. The van der Waals surface area contributed by atoms with Crippen LogP contribution in [0, 0.1) is 0 Å². The molecule has 1 aromatic carbocycles. The number of aromatic nitrogens is 1. The van der Waals surface area contributed by atoms with Crippen molar-refractivity contribution in [3.05, 3.63) is 59.1 Å². The van der Waals surface area contributed by atoms with Crippen LogP contribution in [-0.4, -0.2) is 22.6 Å². The second kappa shape index (κ2) is 5.63. The summed E-state index contributed by atoms with van der Waals surface area (Å²) < 4.78 is 5.20. The van der Waals surface area contributed by atoms with Crippen molar-refractivity contribution in [2.24, 2.45) is 0 Å². The summed E-state index contributed by atoms with van der Waals surface area (Å²) in [5, 5.41) is 13.6. The number of aliphatic hydroxyl groups is 1. The van der Waals surface area contributed by atoms with Gasteiger partial charge < -0.3 is 19.8 Å². The van der Waals surface area contributed by atoms with Gasteiger partial charge in [0.2, 0.25) is 0 Å². The van der Waals surface area contributed by atoms with E-state index in [1.165, 1.54) is 6.26 Å². The molecule has 0 spiro atoms. The SMILES string of the molecule is O=C(NC(CO)c1ccco1)c1cc2ccc(Cl)cc2[nH]1. The molecule has 1 unspecified atom stereocenters. The van der Waals surface area contributed by atoms with E-state index in [-0.39, 0.29) is 12.5 Å². The molecule has 0 saturated heterocycles. The molecule has 3 aromatic rings. The summed E-state index contributed by atoms with van der Waals surface area (Å²) in [7, 11) is 0. The quantitative estimate of drug-likeness (QED) is 0.693. The van der Waals surface area contributed by atoms with Gasteiger partial charge in [0.25, 0.3) is 5.91 Å². The molecule has 5 nitrogen and oxygen atoms in total. The Hall–Kier alpha value is -2.24. The van der Waals surface area contributed by atoms with E-state index in [1.807, 2.05) is 6.07 Å². The number of rotatable bonds is 4. The van der Waals surface area contributed by atoms with E-state index < -0.39 is 6.04 Å². The number of aliphatic hydroxyl groups excluding tert-OH is 1. The Morgan fingerprint density at radius 3 is 2.95 bits per heavy atom. The Morgan fingerprint density at radius 2 is 2.24 bits per heavy atom. The molecule has 1 amide bonds. The lowest BCUT2D eigenvalue weighted by Gasteiger charge is -2.12. The summed E-state index contributed by atoms with van der Waals surface area (Å²) in [6, 6.07) is 9.91. The van der Waals surface area contributed by atoms with Crippen LogP contribution in [0.2, 0.25) is 5.02 Å². The minimum atomic E-state index is -0.581. The first kappa shape index (κ1) is 13.7. The van der Waals surface area contributed by atoms with Crippen LogP contribution in [-0.2, 0) is 0 Å². The van der Waals surface area contributed by atoms with Gasteiger partial charge in [-0.05, 0) is 30.3 Å². The van der Waals surface area contributed by atoms with Crippen LogP contribution < -0.4 is 5.32 Å². The van der Waals surface area contributed by atoms with Gasteiger partial charge in [0.15, 0.2) is 0 Å². The summed E-state index contributed by atoms with van der Waals surface area (Å²) in [5.41, 5.74) is 1.18. The van der Waals surface area contributed by atoms with Crippen LogP contribution in [0.3, 0.4) is 0 Å². The molecule has 6 heteroatoms. The van der Waals surface area contributed by atoms with Crippen molar-refractivity contribution in [3.63, 3.8) is 0 Å². The average Bonchev–Trinajstić information content (AvgIpc) is 3.12. The van der Waals surface area contributed by atoms with Crippen molar-refractivity contribution < 1.29 is 14.3 Å². The maximum absolute atomic E-state index is 12.2. The van der Waals surface area contributed by atoms with Crippen LogP contribution in [0.15, 0.2) is 47.1 Å². The van der Waals surface area contributed by atoms with Gasteiger partial charge in [0.1, 0.15) is 17.5 Å². The molecule has 108 valence electrons. The summed E-state index contributed by atoms with van der Waals surface area (Å²) >= 11 is 5.92. The van der Waals surface area contributed by atoms with Crippen LogP contribution in [0.1, 0.15) is 22.3 Å². The number of benzene rings is 1. The molecule has 2 aromatic heterocycles. The summed E-state index contributed by atoms with van der Waals surface area (Å²) in [4.78, 5) is 15.2. The predicted octanol–water partition coefficient (Wildman–Crippen LogP) is 2.88. The number of furan rings is 1. The van der Waals surface area contributed by atoms with Crippen molar-refractivity contribution in [1.29, 1.82) is 0 Å². The van der Waals surface area contributed by atoms with Crippen molar-refractivity contribution in [2.45, 2.75) is 6.04 Å². The standard InChI is InChI=1S/C15H13ClN2O3/c16-10-4-3-9-6-12(17-11(9)7-10)15(20)18-13(8-19)14-2-1-5-21-14/h1-7,13,17,19H,8H2,(H,18,20). The summed E-state index contributed by atoms with van der Waals surface area (Å²) in [6.07, 6.45) is 1.50. The zero-order valence-electron chi connectivity index (χ0n) is 11.0. The number of hydrogen-bond donors (Lipinski definition) is 3. The first-order valence-corrected chi connectivity index (χ1v) is 6.78. The normalized spacial score (nSPS) is 12.5. The monoisotopic (exact) mass is 304 g/mol. The van der Waals surface area contributed by atoms with E-state index in [4.69, 9.17) is 16.0 Å². The topological polar surface area (TPSA) is 78.3 Å². The molecule has 0 aliphatic carbocycles. The van der Waals surface area contributed by atoms with Crippen molar-refractivity contribution >= 4 is 28.4 Å². The molecule has 0 aliphatic rings. The Labute approximate surface area is 125 Å². The van der Waals surface area contributed by atoms with E-state index in [0.717, 1.165) is 10.9 Å². The molecule has 3 N–H and O–H groups in total. The Bertz CT molecular complexity index is 764. The van der Waals surface area contributed by atoms with Crippen molar-refractivity contribution in [3.8, 4) is 0 Å². The maximum atomic E-state index is 12.2. The Kier molecular flexibility index (Phi) is 3.68. The van der Waals surface area contributed by atoms with Crippen molar-refractivity contribution in [1.82, 2.24) is 10.3 Å². The zero-order valence-corrected chi connectivity index (χ0v) is 11.7. The smallest absolute Gasteiger partial charge is 0.268 e. The zero-order chi connectivity index (χ0) is 14.8. The van der Waals surface area contributed by atoms with Gasteiger partial charge in [0, 0.05) is 15.9 Å². The molecule has 0 fully saturated rings. The van der Waals surface area contributed by atoms with Gasteiger partial charge in [-0.15, -0.1) is 0 Å². The molecule has 0 aliphatic heterocycles. The number of amides is 1. The molecule has 0 radical (unpaired) electrons. The molecular weight excluding hydrogens is 292 g/mol. The number of carbonyl (C=O) groups excluding carboxylic acids is 1. The van der Waals surface area contributed by atoms with Crippen LogP contribution in [0.5, 0.6) is 0 Å². The minimum Gasteiger partial charge on any atom is -0.467 e. The van der Waals surface area contributed by atoms with E-state index in [0.29, 0.717) is 16.5 Å². The lowest BCUT2D eigenvalue weighted by Crippen LogP contribution is -2.30. The second-order valence-corrected chi connectivity index (χ2v) is 5.08. The lowest BCUT2D eigenvalue weighted by molar-refractivity contribution is 0.0903. The van der Waals surface area contributed by atoms with E-state index >= 15 is 0 Å². The first-order valence-electron chi connectivity index (χ1n) is 6.41. The van der Waals surface area contributed by atoms with Crippen LogP contribution in [0.4, 0.5) is 0 Å². The Balaban J connectivity index is 1.83. The fraction of sp³-hybridized carbons (Fsp3) is 0.133. The molecular formula is C15H13ClN2O3. The highest BCUT2D eigenvalue weighted by Crippen LogP contribution is 2.20. The van der Waals surface area contributed by atoms with Gasteiger partial charge in [-0.3, -0.25) is 4.79 Å². The first-order chi connectivity index (χ1) is 10.2. The molecule has 3 rings (SSSR count). The number of hydrogen-bond acceptors (Lipinski definition) is 3. The summed E-state index contributed by atoms with van der Waals surface area (Å²) in [6.45, 7) is -0.245. The molecule has 2 heterocycles. The van der Waals surface area contributed by atoms with E-state index in [9.17, 15) is 9.90 Å². The van der Waals surface area contributed by atoms with Gasteiger partial charge in [-0.25, -0.2) is 0 Å². The van der Waals surface area contributed by atoms with Gasteiger partial charge in [0.05, 0.1) is 12.9 Å². The third-order valence-electron chi connectivity index (χ3n) is 3.20. The molecule has 0 bridgehead atoms. The molecule has 1 atom stereocenters. The van der Waals surface area contributed by atoms with Crippen LogP contribution in [0.25, 0.3) is 10.9 Å².